The van der Waals surface area contributed by atoms with Crippen LogP contribution < -0.4 is 5.43 Å². The molecule has 2 aromatic rings. The van der Waals surface area contributed by atoms with E-state index in [9.17, 15) is 14.9 Å². The summed E-state index contributed by atoms with van der Waals surface area (Å²) in [5.74, 6) is -0.220. The van der Waals surface area contributed by atoms with Crippen LogP contribution in [-0.4, -0.2) is 16.5 Å². The third-order valence-corrected chi connectivity index (χ3v) is 3.61. The third kappa shape index (κ3) is 4.22. The van der Waals surface area contributed by atoms with Crippen LogP contribution in [0.25, 0.3) is 0 Å². The molecule has 0 unspecified atom stereocenters. The number of hydrazone groups is 1. The number of nitrogens with zero attached hydrogens (tertiary/aromatic N) is 2. The van der Waals surface area contributed by atoms with Gasteiger partial charge < -0.3 is 0 Å². The van der Waals surface area contributed by atoms with E-state index in [0.29, 0.717) is 11.3 Å². The molecule has 2 rings (SSSR count). The van der Waals surface area contributed by atoms with Gasteiger partial charge in [-0.05, 0) is 18.4 Å². The molecule has 108 valence electrons. The summed E-state index contributed by atoms with van der Waals surface area (Å²) < 4.78 is 0. The second-order valence-corrected chi connectivity index (χ2v) is 5.33. The highest BCUT2D eigenvalue weighted by Crippen LogP contribution is 2.13. The zero-order valence-corrected chi connectivity index (χ0v) is 12.1. The predicted octanol–water partition coefficient (Wildman–Crippen LogP) is 2.74. The Morgan fingerprint density at radius 3 is 2.86 bits per heavy atom. The Hall–Kier alpha value is -2.54. The number of carbonyl (C=O) groups excluding carboxylic acids is 1. The fourth-order valence-corrected chi connectivity index (χ4v) is 2.37. The quantitative estimate of drug-likeness (QED) is 0.523. The number of nitrogens with one attached hydrogen (secondary N) is 1. The lowest BCUT2D eigenvalue weighted by Gasteiger charge is -2.02. The average Bonchev–Trinajstić information content (AvgIpc) is 2.97. The molecule has 21 heavy (non-hydrogen) atoms. The molecule has 1 N–H and O–H groups in total. The van der Waals surface area contributed by atoms with Crippen molar-refractivity contribution in [3.05, 3.63) is 62.3 Å². The third-order valence-electron chi connectivity index (χ3n) is 2.74. The van der Waals surface area contributed by atoms with Crippen LogP contribution in [0.3, 0.4) is 0 Å². The summed E-state index contributed by atoms with van der Waals surface area (Å²) in [4.78, 5) is 22.9. The topological polar surface area (TPSA) is 84.6 Å². The standard InChI is InChI=1S/C14H13N3O3S/c1-10(11-4-2-5-12(8-11)17(19)20)15-16-14(18)9-13-6-3-7-21-13/h2-8H,9H2,1H3,(H,16,18)/b15-10-. The van der Waals surface area contributed by atoms with E-state index in [0.717, 1.165) is 4.88 Å². The van der Waals surface area contributed by atoms with E-state index >= 15 is 0 Å². The molecule has 0 radical (unpaired) electrons. The predicted molar refractivity (Wildman–Crippen MR) is 81.5 cm³/mol. The summed E-state index contributed by atoms with van der Waals surface area (Å²) in [5, 5.41) is 16.6. The maximum Gasteiger partial charge on any atom is 0.270 e. The van der Waals surface area contributed by atoms with Crippen molar-refractivity contribution >= 4 is 28.6 Å². The lowest BCUT2D eigenvalue weighted by atomic mass is 10.1. The zero-order valence-electron chi connectivity index (χ0n) is 11.3. The van der Waals surface area contributed by atoms with Gasteiger partial charge in [0.05, 0.1) is 17.1 Å². The molecular weight excluding hydrogens is 290 g/mol. The highest BCUT2D eigenvalue weighted by atomic mass is 32.1. The van der Waals surface area contributed by atoms with Crippen LogP contribution in [0.15, 0.2) is 46.9 Å². The van der Waals surface area contributed by atoms with Crippen LogP contribution in [0.1, 0.15) is 17.4 Å². The van der Waals surface area contributed by atoms with Gasteiger partial charge in [-0.15, -0.1) is 11.3 Å². The highest BCUT2D eigenvalue weighted by molar-refractivity contribution is 7.10. The molecule has 7 heteroatoms. The minimum Gasteiger partial charge on any atom is -0.273 e. The Balaban J connectivity index is 2.02. The van der Waals surface area contributed by atoms with Gasteiger partial charge in [-0.3, -0.25) is 14.9 Å². The van der Waals surface area contributed by atoms with Crippen LogP contribution in [-0.2, 0) is 11.2 Å². The van der Waals surface area contributed by atoms with Crippen molar-refractivity contribution in [2.24, 2.45) is 5.10 Å². The number of rotatable bonds is 5. The van der Waals surface area contributed by atoms with Gasteiger partial charge >= 0.3 is 0 Å². The van der Waals surface area contributed by atoms with Crippen molar-refractivity contribution in [1.82, 2.24) is 5.43 Å². The normalized spacial score (nSPS) is 11.2. The Morgan fingerprint density at radius 1 is 1.38 bits per heavy atom. The monoisotopic (exact) mass is 303 g/mol. The van der Waals surface area contributed by atoms with E-state index in [1.54, 1.807) is 19.1 Å². The van der Waals surface area contributed by atoms with E-state index in [4.69, 9.17) is 0 Å². The molecule has 1 aromatic carbocycles. The Labute approximate surface area is 125 Å². The van der Waals surface area contributed by atoms with Crippen LogP contribution >= 0.6 is 11.3 Å². The Kier molecular flexibility index (Phi) is 4.78. The second-order valence-electron chi connectivity index (χ2n) is 4.30. The van der Waals surface area contributed by atoms with Crippen molar-refractivity contribution in [3.8, 4) is 0 Å². The van der Waals surface area contributed by atoms with Gasteiger partial charge in [-0.25, -0.2) is 5.43 Å². The molecule has 1 amide bonds. The number of hydrogen-bond donors (Lipinski definition) is 1. The van der Waals surface area contributed by atoms with Gasteiger partial charge in [0.1, 0.15) is 0 Å². The maximum absolute atomic E-state index is 11.7. The Morgan fingerprint density at radius 2 is 2.19 bits per heavy atom. The molecule has 0 bridgehead atoms. The van der Waals surface area contributed by atoms with Gasteiger partial charge in [0.15, 0.2) is 0 Å². The van der Waals surface area contributed by atoms with Gasteiger partial charge in [0.25, 0.3) is 5.69 Å². The number of non-ortho nitro benzene ring substituents is 1. The minimum absolute atomic E-state index is 0.00744. The van der Waals surface area contributed by atoms with Crippen molar-refractivity contribution in [2.75, 3.05) is 0 Å². The largest absolute Gasteiger partial charge is 0.273 e. The molecule has 0 fully saturated rings. The fourth-order valence-electron chi connectivity index (χ4n) is 1.67. The van der Waals surface area contributed by atoms with Crippen molar-refractivity contribution in [3.63, 3.8) is 0 Å². The Bertz CT molecular complexity index is 681. The van der Waals surface area contributed by atoms with Crippen LogP contribution in [0.4, 0.5) is 5.69 Å². The summed E-state index contributed by atoms with van der Waals surface area (Å²) in [5.41, 5.74) is 3.56. The number of amides is 1. The molecule has 0 aliphatic carbocycles. The molecule has 0 saturated carbocycles. The summed E-state index contributed by atoms with van der Waals surface area (Å²) in [7, 11) is 0. The van der Waals surface area contributed by atoms with E-state index in [1.165, 1.54) is 23.5 Å². The molecule has 1 heterocycles. The van der Waals surface area contributed by atoms with E-state index in [-0.39, 0.29) is 18.0 Å². The summed E-state index contributed by atoms with van der Waals surface area (Å²) in [6.07, 6.45) is 0.267. The fraction of sp³-hybridized carbons (Fsp3) is 0.143. The highest BCUT2D eigenvalue weighted by Gasteiger charge is 2.08. The van der Waals surface area contributed by atoms with Crippen LogP contribution in [0.5, 0.6) is 0 Å². The van der Waals surface area contributed by atoms with E-state index in [2.05, 4.69) is 10.5 Å². The maximum atomic E-state index is 11.7. The summed E-state index contributed by atoms with van der Waals surface area (Å²) in [6, 6.07) is 9.87. The number of nitro groups is 1. The first-order chi connectivity index (χ1) is 10.1. The molecule has 0 spiro atoms. The lowest BCUT2D eigenvalue weighted by Crippen LogP contribution is -2.20. The minimum atomic E-state index is -0.466. The van der Waals surface area contributed by atoms with Gasteiger partial charge in [0, 0.05) is 22.6 Å². The first-order valence-electron chi connectivity index (χ1n) is 6.16. The molecule has 6 nitrogen and oxygen atoms in total. The van der Waals surface area contributed by atoms with E-state index < -0.39 is 4.92 Å². The molecule has 1 aromatic heterocycles. The first kappa shape index (κ1) is 14.9. The van der Waals surface area contributed by atoms with Crippen LogP contribution in [0, 0.1) is 10.1 Å². The lowest BCUT2D eigenvalue weighted by molar-refractivity contribution is -0.384. The smallest absolute Gasteiger partial charge is 0.270 e. The summed E-state index contributed by atoms with van der Waals surface area (Å²) >= 11 is 1.50. The van der Waals surface area contributed by atoms with Crippen molar-refractivity contribution in [2.45, 2.75) is 13.3 Å². The van der Waals surface area contributed by atoms with Crippen LogP contribution in [0.2, 0.25) is 0 Å². The van der Waals surface area contributed by atoms with Gasteiger partial charge in [0.2, 0.25) is 5.91 Å². The molecule has 0 atom stereocenters. The SMILES string of the molecule is C/C(=N/NC(=O)Cc1cccs1)c1cccc([N+](=O)[O-])c1. The van der Waals surface area contributed by atoms with Crippen molar-refractivity contribution < 1.29 is 9.72 Å². The van der Waals surface area contributed by atoms with Crippen molar-refractivity contribution in [1.29, 1.82) is 0 Å². The molecule has 0 saturated heterocycles. The number of nitro benzene ring substituents is 1. The average molecular weight is 303 g/mol. The first-order valence-corrected chi connectivity index (χ1v) is 7.04. The van der Waals surface area contributed by atoms with E-state index in [1.807, 2.05) is 17.5 Å². The number of hydrogen-bond acceptors (Lipinski definition) is 5. The zero-order chi connectivity index (χ0) is 15.2. The molecule has 0 aliphatic heterocycles. The molecular formula is C14H13N3O3S. The number of thiophene rings is 1. The second kappa shape index (κ2) is 6.76. The van der Waals surface area contributed by atoms with Gasteiger partial charge in [-0.1, -0.05) is 18.2 Å². The molecule has 0 aliphatic rings. The van der Waals surface area contributed by atoms with Gasteiger partial charge in [-0.2, -0.15) is 5.10 Å². The summed E-state index contributed by atoms with van der Waals surface area (Å²) in [6.45, 7) is 1.69. The number of carbonyl (C=O) groups is 1. The number of benzene rings is 1.